The number of hydrogen-bond donors (Lipinski definition) is 4. The highest BCUT2D eigenvalue weighted by Crippen LogP contribution is 2.35. The second-order valence-corrected chi connectivity index (χ2v) is 9.46. The second kappa shape index (κ2) is 9.19. The summed E-state index contributed by atoms with van der Waals surface area (Å²) >= 11 is 0. The number of nitrogens with one attached hydrogen (secondary N) is 4. The SMILES string of the molecule is Cc1[nH]c2ccccc2c1-n1c(C#N)c(-c2c(CCCN3CCNCC3)[nH]c3ccccc23)[nH]c1=O. The summed E-state index contributed by atoms with van der Waals surface area (Å²) in [6, 6.07) is 18.3. The lowest BCUT2D eigenvalue weighted by Crippen LogP contribution is -2.43. The molecular formula is C28H29N7O. The summed E-state index contributed by atoms with van der Waals surface area (Å²) in [5.74, 6) is 0. The number of aryl methyl sites for hydroxylation is 2. The summed E-state index contributed by atoms with van der Waals surface area (Å²) < 4.78 is 1.52. The van der Waals surface area contributed by atoms with E-state index in [9.17, 15) is 10.1 Å². The third-order valence-corrected chi connectivity index (χ3v) is 7.23. The summed E-state index contributed by atoms with van der Waals surface area (Å²) in [7, 11) is 0. The summed E-state index contributed by atoms with van der Waals surface area (Å²) in [6.45, 7) is 7.16. The molecule has 0 radical (unpaired) electrons. The molecule has 1 fully saturated rings. The number of nitrogens with zero attached hydrogens (tertiary/aromatic N) is 3. The molecule has 0 aliphatic carbocycles. The lowest BCUT2D eigenvalue weighted by atomic mass is 10.0. The Labute approximate surface area is 208 Å². The van der Waals surface area contributed by atoms with Crippen molar-refractivity contribution in [3.63, 3.8) is 0 Å². The van der Waals surface area contributed by atoms with Crippen molar-refractivity contribution >= 4 is 21.8 Å². The van der Waals surface area contributed by atoms with Crippen molar-refractivity contribution in [2.75, 3.05) is 32.7 Å². The molecule has 8 heteroatoms. The van der Waals surface area contributed by atoms with Crippen molar-refractivity contribution in [1.82, 2.24) is 29.7 Å². The summed E-state index contributed by atoms with van der Waals surface area (Å²) in [5.41, 5.74) is 6.04. The Bertz CT molecular complexity index is 1650. The molecule has 8 nitrogen and oxygen atoms in total. The third kappa shape index (κ3) is 3.73. The van der Waals surface area contributed by atoms with E-state index in [-0.39, 0.29) is 5.69 Å². The highest BCUT2D eigenvalue weighted by molar-refractivity contribution is 5.98. The number of para-hydroxylation sites is 2. The Balaban J connectivity index is 1.46. The molecule has 0 bridgehead atoms. The number of rotatable bonds is 6. The van der Waals surface area contributed by atoms with E-state index in [1.165, 1.54) is 4.57 Å². The minimum absolute atomic E-state index is 0.313. The van der Waals surface area contributed by atoms with Crippen LogP contribution in [0.5, 0.6) is 0 Å². The molecule has 0 amide bonds. The van der Waals surface area contributed by atoms with Crippen LogP contribution < -0.4 is 11.0 Å². The molecule has 36 heavy (non-hydrogen) atoms. The van der Waals surface area contributed by atoms with Gasteiger partial charge in [-0.1, -0.05) is 36.4 Å². The van der Waals surface area contributed by atoms with Gasteiger partial charge in [0.1, 0.15) is 6.07 Å². The molecule has 3 aromatic heterocycles. The van der Waals surface area contributed by atoms with Crippen LogP contribution in [0.25, 0.3) is 38.8 Å². The number of benzene rings is 2. The number of nitriles is 1. The standard InChI is InChI=1S/C28H29N7O/c1-18-27(20-8-3-5-10-22(20)31-18)35-24(17-29)26(33-28(35)36)25-19-7-2-4-9-21(19)32-23(25)11-6-14-34-15-12-30-13-16-34/h2-5,7-10,30-32H,6,11-16H2,1H3,(H,33,36). The molecule has 1 aliphatic heterocycles. The predicted octanol–water partition coefficient (Wildman–Crippen LogP) is 3.81. The van der Waals surface area contributed by atoms with Crippen LogP contribution in [0.15, 0.2) is 53.3 Å². The molecule has 1 aliphatic rings. The van der Waals surface area contributed by atoms with E-state index in [0.717, 1.165) is 90.0 Å². The van der Waals surface area contributed by atoms with Crippen molar-refractivity contribution in [2.45, 2.75) is 19.8 Å². The molecule has 1 saturated heterocycles. The summed E-state index contributed by atoms with van der Waals surface area (Å²) in [5, 5.41) is 15.6. The zero-order valence-corrected chi connectivity index (χ0v) is 20.3. The zero-order valence-electron chi connectivity index (χ0n) is 20.3. The third-order valence-electron chi connectivity index (χ3n) is 7.23. The van der Waals surface area contributed by atoms with Crippen molar-refractivity contribution < 1.29 is 0 Å². The molecule has 2 aromatic carbocycles. The van der Waals surface area contributed by atoms with Gasteiger partial charge in [-0.25, -0.2) is 9.36 Å². The van der Waals surface area contributed by atoms with E-state index in [2.05, 4.69) is 37.3 Å². The summed E-state index contributed by atoms with van der Waals surface area (Å²) in [4.78, 5) is 25.9. The van der Waals surface area contributed by atoms with E-state index >= 15 is 0 Å². The van der Waals surface area contributed by atoms with Crippen molar-refractivity contribution in [1.29, 1.82) is 5.26 Å². The first-order valence-electron chi connectivity index (χ1n) is 12.5. The molecule has 0 unspecified atom stereocenters. The molecule has 0 spiro atoms. The first-order valence-corrected chi connectivity index (χ1v) is 12.5. The quantitative estimate of drug-likeness (QED) is 0.297. The first-order chi connectivity index (χ1) is 17.7. The molecule has 6 rings (SSSR count). The summed E-state index contributed by atoms with van der Waals surface area (Å²) in [6.07, 6.45) is 1.83. The molecule has 4 heterocycles. The topological polar surface area (TPSA) is 108 Å². The van der Waals surface area contributed by atoms with E-state index in [1.54, 1.807) is 0 Å². The van der Waals surface area contributed by atoms with Crippen LogP contribution in [0.4, 0.5) is 0 Å². The average Bonchev–Trinajstić information content (AvgIpc) is 3.53. The van der Waals surface area contributed by atoms with Gasteiger partial charge in [0, 0.05) is 64.9 Å². The van der Waals surface area contributed by atoms with Crippen LogP contribution in [0.2, 0.25) is 0 Å². The minimum atomic E-state index is -0.313. The normalized spacial score (nSPS) is 14.6. The fourth-order valence-electron chi connectivity index (χ4n) is 5.57. The van der Waals surface area contributed by atoms with Crippen molar-refractivity contribution in [3.05, 3.63) is 76.1 Å². The Hall–Kier alpha value is -4.06. The van der Waals surface area contributed by atoms with Crippen molar-refractivity contribution in [2.24, 2.45) is 0 Å². The van der Waals surface area contributed by atoms with Crippen LogP contribution in [0, 0.1) is 18.3 Å². The smallest absolute Gasteiger partial charge is 0.331 e. The molecule has 0 saturated carbocycles. The Morgan fingerprint density at radius 1 is 0.944 bits per heavy atom. The predicted molar refractivity (Wildman–Crippen MR) is 143 cm³/mol. The van der Waals surface area contributed by atoms with Gasteiger partial charge in [-0.05, 0) is 38.4 Å². The van der Waals surface area contributed by atoms with E-state index in [4.69, 9.17) is 0 Å². The molecule has 5 aromatic rings. The van der Waals surface area contributed by atoms with Crippen LogP contribution >= 0.6 is 0 Å². The molecule has 182 valence electrons. The molecular weight excluding hydrogens is 450 g/mol. The van der Waals surface area contributed by atoms with Gasteiger partial charge in [0.15, 0.2) is 5.69 Å². The van der Waals surface area contributed by atoms with Gasteiger partial charge < -0.3 is 25.2 Å². The zero-order chi connectivity index (χ0) is 24.6. The molecule has 0 atom stereocenters. The van der Waals surface area contributed by atoms with E-state index in [0.29, 0.717) is 11.4 Å². The number of aromatic nitrogens is 4. The van der Waals surface area contributed by atoms with Crippen LogP contribution in [-0.2, 0) is 6.42 Å². The molecule has 4 N–H and O–H groups in total. The van der Waals surface area contributed by atoms with Gasteiger partial charge in [0.2, 0.25) is 0 Å². The largest absolute Gasteiger partial charge is 0.358 e. The van der Waals surface area contributed by atoms with Gasteiger partial charge >= 0.3 is 5.69 Å². The van der Waals surface area contributed by atoms with Crippen LogP contribution in [0.1, 0.15) is 23.5 Å². The van der Waals surface area contributed by atoms with Gasteiger partial charge in [-0.3, -0.25) is 0 Å². The number of imidazole rings is 1. The maximum Gasteiger partial charge on any atom is 0.331 e. The Morgan fingerprint density at radius 2 is 1.64 bits per heavy atom. The monoisotopic (exact) mass is 479 g/mol. The van der Waals surface area contributed by atoms with E-state index < -0.39 is 0 Å². The number of aromatic amines is 3. The Morgan fingerprint density at radius 3 is 2.39 bits per heavy atom. The highest BCUT2D eigenvalue weighted by atomic mass is 16.1. The van der Waals surface area contributed by atoms with Crippen molar-refractivity contribution in [3.8, 4) is 23.0 Å². The average molecular weight is 480 g/mol. The fraction of sp³-hybridized carbons (Fsp3) is 0.286. The van der Waals surface area contributed by atoms with Gasteiger partial charge in [-0.2, -0.15) is 5.26 Å². The number of H-pyrrole nitrogens is 3. The van der Waals surface area contributed by atoms with Gasteiger partial charge in [-0.15, -0.1) is 0 Å². The lowest BCUT2D eigenvalue weighted by Gasteiger charge is -2.27. The first kappa shape index (κ1) is 22.4. The number of hydrogen-bond acceptors (Lipinski definition) is 4. The van der Waals surface area contributed by atoms with Crippen LogP contribution in [0.3, 0.4) is 0 Å². The lowest BCUT2D eigenvalue weighted by molar-refractivity contribution is 0.238. The maximum absolute atomic E-state index is 13.4. The minimum Gasteiger partial charge on any atom is -0.358 e. The number of piperazine rings is 1. The van der Waals surface area contributed by atoms with Gasteiger partial charge in [0.25, 0.3) is 0 Å². The van der Waals surface area contributed by atoms with E-state index in [1.807, 2.05) is 49.4 Å². The highest BCUT2D eigenvalue weighted by Gasteiger charge is 2.25. The maximum atomic E-state index is 13.4. The van der Waals surface area contributed by atoms with Gasteiger partial charge in [0.05, 0.1) is 11.4 Å². The number of fused-ring (bicyclic) bond motifs is 2. The Kier molecular flexibility index (Phi) is 5.72. The van der Waals surface area contributed by atoms with Crippen LogP contribution in [-0.4, -0.2) is 57.1 Å². The fourth-order valence-corrected chi connectivity index (χ4v) is 5.57. The second-order valence-electron chi connectivity index (χ2n) is 9.46.